The van der Waals surface area contributed by atoms with Crippen molar-refractivity contribution in [2.24, 2.45) is 17.8 Å². The van der Waals surface area contributed by atoms with E-state index in [2.05, 4.69) is 5.32 Å². The Kier molecular flexibility index (Phi) is 5.86. The first-order chi connectivity index (χ1) is 15.2. The number of nitrogens with zero attached hydrogens (tertiary/aromatic N) is 1. The van der Waals surface area contributed by atoms with Crippen LogP contribution in [-0.4, -0.2) is 42.4 Å². The number of fused-ring (bicyclic) bond motifs is 1. The topological polar surface area (TPSA) is 75.7 Å². The van der Waals surface area contributed by atoms with Gasteiger partial charge in [-0.1, -0.05) is 61.8 Å². The number of imide groups is 1. The molecule has 2 amide bonds. The number of amides is 2. The second kappa shape index (κ2) is 8.34. The summed E-state index contributed by atoms with van der Waals surface area (Å²) in [6, 6.07) is 14.9. The molecule has 168 valence electrons. The fourth-order valence-electron chi connectivity index (χ4n) is 5.27. The van der Waals surface area contributed by atoms with Gasteiger partial charge in [0.15, 0.2) is 0 Å². The first kappa shape index (κ1) is 22.5. The Morgan fingerprint density at radius 1 is 1.12 bits per heavy atom. The molecule has 4 rings (SSSR count). The fraction of sp³-hybridized carbons (Fsp3) is 0.400. The quantitative estimate of drug-likeness (QED) is 0.548. The number of methoxy groups -OCH3 is 1. The minimum absolute atomic E-state index is 0.111. The second-order valence-corrected chi connectivity index (χ2v) is 9.49. The standard InChI is InChI=1S/C25H27ClN2O4/c1-14(2)13-25(24(31)32-4)20-19(22(29)28(3)23(20)30)21(27-25)16-10-8-15(9-11-16)17-6-5-7-18(26)12-17/h5-12,14,19-21,27H,13H2,1-4H3/t19-,20-,21-,25-/m1/s1. The fourth-order valence-corrected chi connectivity index (χ4v) is 5.46. The van der Waals surface area contributed by atoms with E-state index in [4.69, 9.17) is 16.3 Å². The van der Waals surface area contributed by atoms with Gasteiger partial charge in [-0.25, -0.2) is 0 Å². The molecule has 0 spiro atoms. The highest BCUT2D eigenvalue weighted by Crippen LogP contribution is 2.51. The van der Waals surface area contributed by atoms with Crippen LogP contribution in [0.1, 0.15) is 31.9 Å². The molecule has 32 heavy (non-hydrogen) atoms. The van der Waals surface area contributed by atoms with E-state index < -0.39 is 29.4 Å². The van der Waals surface area contributed by atoms with Crippen molar-refractivity contribution in [3.8, 4) is 11.1 Å². The lowest BCUT2D eigenvalue weighted by molar-refractivity contribution is -0.154. The van der Waals surface area contributed by atoms with Crippen LogP contribution in [-0.2, 0) is 19.1 Å². The first-order valence-corrected chi connectivity index (χ1v) is 11.1. The lowest BCUT2D eigenvalue weighted by atomic mass is 9.75. The molecule has 0 aliphatic carbocycles. The Morgan fingerprint density at radius 3 is 2.41 bits per heavy atom. The molecule has 2 heterocycles. The number of halogens is 1. The number of carbonyl (C=O) groups excluding carboxylic acids is 3. The monoisotopic (exact) mass is 454 g/mol. The zero-order valence-corrected chi connectivity index (χ0v) is 19.3. The van der Waals surface area contributed by atoms with Crippen molar-refractivity contribution in [3.05, 3.63) is 59.1 Å². The number of likely N-dealkylation sites (tertiary alicyclic amines) is 1. The minimum atomic E-state index is -1.25. The van der Waals surface area contributed by atoms with Gasteiger partial charge in [-0.2, -0.15) is 0 Å². The number of rotatable bonds is 5. The van der Waals surface area contributed by atoms with Gasteiger partial charge >= 0.3 is 5.97 Å². The minimum Gasteiger partial charge on any atom is -0.468 e. The van der Waals surface area contributed by atoms with Crippen LogP contribution < -0.4 is 5.32 Å². The summed E-state index contributed by atoms with van der Waals surface area (Å²) in [5, 5.41) is 4.04. The highest BCUT2D eigenvalue weighted by atomic mass is 35.5. The van der Waals surface area contributed by atoms with Crippen molar-refractivity contribution in [2.75, 3.05) is 14.2 Å². The van der Waals surface area contributed by atoms with Crippen LogP contribution >= 0.6 is 11.6 Å². The van der Waals surface area contributed by atoms with E-state index in [0.717, 1.165) is 21.6 Å². The number of carbonyl (C=O) groups is 3. The van der Waals surface area contributed by atoms with Gasteiger partial charge in [0.05, 0.1) is 18.9 Å². The van der Waals surface area contributed by atoms with E-state index in [9.17, 15) is 14.4 Å². The number of hydrogen-bond acceptors (Lipinski definition) is 5. The van der Waals surface area contributed by atoms with Gasteiger partial charge in [0.1, 0.15) is 5.54 Å². The van der Waals surface area contributed by atoms with Crippen molar-refractivity contribution in [3.63, 3.8) is 0 Å². The second-order valence-electron chi connectivity index (χ2n) is 9.05. The lowest BCUT2D eigenvalue weighted by Crippen LogP contribution is -2.56. The largest absolute Gasteiger partial charge is 0.468 e. The molecule has 0 bridgehead atoms. The average molecular weight is 455 g/mol. The van der Waals surface area contributed by atoms with Crippen molar-refractivity contribution < 1.29 is 19.1 Å². The van der Waals surface area contributed by atoms with E-state index in [-0.39, 0.29) is 17.7 Å². The predicted molar refractivity (Wildman–Crippen MR) is 122 cm³/mol. The van der Waals surface area contributed by atoms with E-state index in [0.29, 0.717) is 11.4 Å². The van der Waals surface area contributed by atoms with Crippen LogP contribution in [0.2, 0.25) is 5.02 Å². The maximum Gasteiger partial charge on any atom is 0.326 e. The van der Waals surface area contributed by atoms with Gasteiger partial charge in [-0.3, -0.25) is 24.6 Å². The summed E-state index contributed by atoms with van der Waals surface area (Å²) in [6.07, 6.45) is 0.394. The molecule has 2 aromatic rings. The van der Waals surface area contributed by atoms with E-state index in [1.807, 2.05) is 62.4 Å². The number of benzene rings is 2. The third-order valence-corrected chi connectivity index (χ3v) is 6.82. The molecule has 0 radical (unpaired) electrons. The molecule has 2 aliphatic rings. The average Bonchev–Trinajstić information content (AvgIpc) is 3.22. The number of ether oxygens (including phenoxy) is 1. The molecule has 0 saturated carbocycles. The van der Waals surface area contributed by atoms with E-state index in [1.165, 1.54) is 14.2 Å². The van der Waals surface area contributed by atoms with Gasteiger partial charge < -0.3 is 4.74 Å². The summed E-state index contributed by atoms with van der Waals surface area (Å²) in [5.74, 6) is -2.46. The summed E-state index contributed by atoms with van der Waals surface area (Å²) in [5.41, 5.74) is 1.56. The molecule has 0 aromatic heterocycles. The number of nitrogens with one attached hydrogen (secondary N) is 1. The van der Waals surface area contributed by atoms with Crippen LogP contribution in [0.3, 0.4) is 0 Å². The zero-order chi connectivity index (χ0) is 23.2. The molecule has 0 unspecified atom stereocenters. The van der Waals surface area contributed by atoms with Crippen LogP contribution in [0.25, 0.3) is 11.1 Å². The highest BCUT2D eigenvalue weighted by Gasteiger charge is 2.68. The Morgan fingerprint density at radius 2 is 1.81 bits per heavy atom. The van der Waals surface area contributed by atoms with Crippen LogP contribution in [0.4, 0.5) is 0 Å². The third kappa shape index (κ3) is 3.51. The summed E-state index contributed by atoms with van der Waals surface area (Å²) in [6.45, 7) is 3.97. The van der Waals surface area contributed by atoms with Crippen LogP contribution in [0.5, 0.6) is 0 Å². The van der Waals surface area contributed by atoms with Crippen LogP contribution in [0.15, 0.2) is 48.5 Å². The Labute approximate surface area is 192 Å². The van der Waals surface area contributed by atoms with Crippen molar-refractivity contribution >= 4 is 29.4 Å². The van der Waals surface area contributed by atoms with Gasteiger partial charge in [-0.15, -0.1) is 0 Å². The van der Waals surface area contributed by atoms with Gasteiger partial charge in [0.25, 0.3) is 0 Å². The van der Waals surface area contributed by atoms with Gasteiger partial charge in [0.2, 0.25) is 11.8 Å². The molecule has 2 saturated heterocycles. The molecule has 4 atom stereocenters. The summed E-state index contributed by atoms with van der Waals surface area (Å²) < 4.78 is 5.14. The molecular formula is C25H27ClN2O4. The van der Waals surface area contributed by atoms with Crippen molar-refractivity contribution in [1.29, 1.82) is 0 Å². The summed E-state index contributed by atoms with van der Waals surface area (Å²) in [7, 11) is 2.80. The summed E-state index contributed by atoms with van der Waals surface area (Å²) >= 11 is 6.12. The highest BCUT2D eigenvalue weighted by molar-refractivity contribution is 6.30. The van der Waals surface area contributed by atoms with Gasteiger partial charge in [-0.05, 0) is 41.2 Å². The molecule has 1 N–H and O–H groups in total. The normalized spacial score (nSPS) is 27.2. The van der Waals surface area contributed by atoms with Crippen molar-refractivity contribution in [2.45, 2.75) is 31.8 Å². The van der Waals surface area contributed by atoms with Crippen LogP contribution in [0, 0.1) is 17.8 Å². The maximum atomic E-state index is 13.1. The Bertz CT molecular complexity index is 1070. The Hall–Kier alpha value is -2.70. The number of esters is 1. The molecular weight excluding hydrogens is 428 g/mol. The first-order valence-electron chi connectivity index (χ1n) is 10.7. The van der Waals surface area contributed by atoms with E-state index >= 15 is 0 Å². The molecule has 7 heteroatoms. The molecule has 2 aromatic carbocycles. The number of hydrogen-bond donors (Lipinski definition) is 1. The lowest BCUT2D eigenvalue weighted by Gasteiger charge is -2.33. The van der Waals surface area contributed by atoms with Crippen molar-refractivity contribution in [1.82, 2.24) is 10.2 Å². The van der Waals surface area contributed by atoms with E-state index in [1.54, 1.807) is 0 Å². The predicted octanol–water partition coefficient (Wildman–Crippen LogP) is 3.84. The molecule has 2 fully saturated rings. The molecule has 6 nitrogen and oxygen atoms in total. The third-order valence-electron chi connectivity index (χ3n) is 6.58. The maximum absolute atomic E-state index is 13.1. The smallest absolute Gasteiger partial charge is 0.326 e. The zero-order valence-electron chi connectivity index (χ0n) is 18.6. The Balaban J connectivity index is 1.76. The SMILES string of the molecule is COC(=O)[C@]1(CC(C)C)N[C@H](c2ccc(-c3cccc(Cl)c3)cc2)[C@@H]2C(=O)N(C)C(=O)[C@@H]21. The molecule has 2 aliphatic heterocycles. The van der Waals surface area contributed by atoms with Gasteiger partial charge in [0, 0.05) is 18.1 Å². The summed E-state index contributed by atoms with van der Waals surface area (Å²) in [4.78, 5) is 40.4.